The predicted molar refractivity (Wildman–Crippen MR) is 120 cm³/mol. The van der Waals surface area contributed by atoms with Crippen LogP contribution in [0.25, 0.3) is 6.08 Å². The maximum Gasteiger partial charge on any atom is 0.270 e. The summed E-state index contributed by atoms with van der Waals surface area (Å²) < 4.78 is 14.7. The second-order valence-electron chi connectivity index (χ2n) is 7.71. The van der Waals surface area contributed by atoms with E-state index in [0.717, 1.165) is 37.1 Å². The third kappa shape index (κ3) is 3.85. The topological polar surface area (TPSA) is 52.7 Å². The quantitative estimate of drug-likeness (QED) is 0.463. The molecule has 30 heavy (non-hydrogen) atoms. The van der Waals surface area contributed by atoms with Gasteiger partial charge in [0, 0.05) is 13.1 Å². The van der Waals surface area contributed by atoms with Crippen molar-refractivity contribution < 1.29 is 14.0 Å². The van der Waals surface area contributed by atoms with Crippen molar-refractivity contribution >= 4 is 46.6 Å². The molecule has 4 rings (SSSR count). The summed E-state index contributed by atoms with van der Waals surface area (Å²) in [7, 11) is 0. The van der Waals surface area contributed by atoms with Gasteiger partial charge in [-0.2, -0.15) is 0 Å². The fourth-order valence-electron chi connectivity index (χ4n) is 3.97. The van der Waals surface area contributed by atoms with E-state index in [9.17, 15) is 14.0 Å². The average molecular weight is 424 g/mol. The number of benzene rings is 2. The molecule has 5 nitrogen and oxygen atoms in total. The molecule has 2 aromatic rings. The molecular weight excluding hydrogens is 401 g/mol. The van der Waals surface area contributed by atoms with Gasteiger partial charge in [0.1, 0.15) is 11.4 Å². The van der Waals surface area contributed by atoms with Gasteiger partial charge in [-0.05, 0) is 85.9 Å². The first kappa shape index (κ1) is 20.2. The molecule has 0 saturated carbocycles. The van der Waals surface area contributed by atoms with E-state index >= 15 is 0 Å². The lowest BCUT2D eigenvalue weighted by Gasteiger charge is -2.29. The largest absolute Gasteiger partial charge is 0.369 e. The molecule has 2 aromatic carbocycles. The Bertz CT molecular complexity index is 1070. The van der Waals surface area contributed by atoms with Crippen molar-refractivity contribution in [3.05, 3.63) is 64.5 Å². The van der Waals surface area contributed by atoms with Crippen molar-refractivity contribution in [3.8, 4) is 0 Å². The van der Waals surface area contributed by atoms with E-state index in [-0.39, 0.29) is 16.5 Å². The van der Waals surface area contributed by atoms with Crippen LogP contribution >= 0.6 is 12.2 Å². The normalized spacial score (nSPS) is 18.4. The van der Waals surface area contributed by atoms with Gasteiger partial charge in [0.05, 0.1) is 11.4 Å². The fourth-order valence-corrected chi connectivity index (χ4v) is 4.25. The number of halogens is 1. The van der Waals surface area contributed by atoms with Crippen molar-refractivity contribution in [1.29, 1.82) is 0 Å². The van der Waals surface area contributed by atoms with E-state index in [4.69, 9.17) is 12.2 Å². The Labute approximate surface area is 180 Å². The van der Waals surface area contributed by atoms with Crippen molar-refractivity contribution in [2.45, 2.75) is 26.7 Å². The maximum atomic E-state index is 14.7. The highest BCUT2D eigenvalue weighted by atomic mass is 32.1. The zero-order valence-corrected chi connectivity index (χ0v) is 17.7. The van der Waals surface area contributed by atoms with Crippen LogP contribution in [0.4, 0.5) is 15.8 Å². The van der Waals surface area contributed by atoms with E-state index in [1.54, 1.807) is 12.1 Å². The van der Waals surface area contributed by atoms with Crippen LogP contribution in [0.3, 0.4) is 0 Å². The Morgan fingerprint density at radius 3 is 2.33 bits per heavy atom. The highest BCUT2D eigenvalue weighted by Gasteiger charge is 2.34. The van der Waals surface area contributed by atoms with Gasteiger partial charge in [0.25, 0.3) is 11.8 Å². The van der Waals surface area contributed by atoms with Crippen LogP contribution in [-0.2, 0) is 9.59 Å². The number of anilines is 2. The van der Waals surface area contributed by atoms with Crippen LogP contribution in [0.1, 0.15) is 29.5 Å². The van der Waals surface area contributed by atoms with Gasteiger partial charge >= 0.3 is 0 Å². The van der Waals surface area contributed by atoms with Crippen LogP contribution in [0.15, 0.2) is 42.0 Å². The molecule has 0 aromatic heterocycles. The van der Waals surface area contributed by atoms with Crippen molar-refractivity contribution in [2.75, 3.05) is 22.9 Å². The van der Waals surface area contributed by atoms with Gasteiger partial charge < -0.3 is 4.90 Å². The molecule has 0 spiro atoms. The Morgan fingerprint density at radius 1 is 1.03 bits per heavy atom. The van der Waals surface area contributed by atoms with Gasteiger partial charge in [-0.25, -0.2) is 4.39 Å². The molecule has 0 unspecified atom stereocenters. The zero-order valence-electron chi connectivity index (χ0n) is 16.9. The molecule has 7 heteroatoms. The molecule has 0 aliphatic carbocycles. The Morgan fingerprint density at radius 2 is 1.70 bits per heavy atom. The first-order valence-electron chi connectivity index (χ1n) is 9.88. The van der Waals surface area contributed by atoms with Crippen LogP contribution in [0.5, 0.6) is 0 Å². The smallest absolute Gasteiger partial charge is 0.270 e. The second kappa shape index (κ2) is 7.99. The Balaban J connectivity index is 1.68. The minimum absolute atomic E-state index is 0.0303. The summed E-state index contributed by atoms with van der Waals surface area (Å²) in [5.41, 5.74) is 3.44. The summed E-state index contributed by atoms with van der Waals surface area (Å²) in [5, 5.41) is 2.60. The third-order valence-electron chi connectivity index (χ3n) is 5.30. The number of hydrogen-bond donors (Lipinski definition) is 1. The summed E-state index contributed by atoms with van der Waals surface area (Å²) >= 11 is 5.25. The van der Waals surface area contributed by atoms with Gasteiger partial charge in [0.15, 0.2) is 5.11 Å². The first-order chi connectivity index (χ1) is 14.3. The van der Waals surface area contributed by atoms with E-state index in [1.165, 1.54) is 17.0 Å². The van der Waals surface area contributed by atoms with Gasteiger partial charge in [-0.15, -0.1) is 0 Å². The number of thiocarbonyl (C=S) groups is 1. The lowest BCUT2D eigenvalue weighted by atomic mass is 10.0. The lowest BCUT2D eigenvalue weighted by molar-refractivity contribution is -0.122. The number of carbonyl (C=O) groups is 2. The monoisotopic (exact) mass is 423 g/mol. The van der Waals surface area contributed by atoms with Gasteiger partial charge in [0.2, 0.25) is 0 Å². The number of nitrogens with one attached hydrogen (secondary N) is 1. The highest BCUT2D eigenvalue weighted by Crippen LogP contribution is 2.27. The molecule has 2 saturated heterocycles. The minimum atomic E-state index is -0.588. The van der Waals surface area contributed by atoms with E-state index in [1.807, 2.05) is 36.9 Å². The fraction of sp³-hybridized carbons (Fsp3) is 0.261. The number of carbonyl (C=O) groups excluding carboxylic acids is 2. The Hall–Kier alpha value is -3.06. The molecule has 2 heterocycles. The third-order valence-corrected chi connectivity index (χ3v) is 5.58. The summed E-state index contributed by atoms with van der Waals surface area (Å²) in [6, 6.07) is 10.4. The summed E-state index contributed by atoms with van der Waals surface area (Å²) in [5.74, 6) is -1.48. The molecule has 154 valence electrons. The van der Waals surface area contributed by atoms with Crippen LogP contribution in [-0.4, -0.2) is 30.0 Å². The number of amides is 2. The molecular formula is C23H22FN3O2S. The molecule has 0 atom stereocenters. The zero-order chi connectivity index (χ0) is 21.4. The van der Waals surface area contributed by atoms with Crippen LogP contribution in [0, 0.1) is 19.7 Å². The molecule has 2 fully saturated rings. The SMILES string of the molecule is Cc1cc(C)cc(N2C(=O)/C(=C\c3ccc(N4CCCC4)c(F)c3)C(=O)NC2=S)c1. The van der Waals surface area contributed by atoms with E-state index in [2.05, 4.69) is 5.32 Å². The molecule has 2 aliphatic heterocycles. The summed E-state index contributed by atoms with van der Waals surface area (Å²) in [6.07, 6.45) is 3.51. The second-order valence-corrected chi connectivity index (χ2v) is 8.10. The highest BCUT2D eigenvalue weighted by molar-refractivity contribution is 7.80. The van der Waals surface area contributed by atoms with Gasteiger partial charge in [-0.3, -0.25) is 19.8 Å². The standard InChI is InChI=1S/C23H22FN3O2S/c1-14-9-15(2)11-17(10-14)27-22(29)18(21(28)25-23(27)30)12-16-5-6-20(19(24)13-16)26-7-3-4-8-26/h5-6,9-13H,3-4,7-8H2,1-2H3,(H,25,28,30)/b18-12-. The van der Waals surface area contributed by atoms with Crippen molar-refractivity contribution in [1.82, 2.24) is 5.32 Å². The van der Waals surface area contributed by atoms with Gasteiger partial charge in [-0.1, -0.05) is 12.1 Å². The molecule has 2 amide bonds. The van der Waals surface area contributed by atoms with Crippen LogP contribution < -0.4 is 15.1 Å². The molecule has 2 aliphatic rings. The average Bonchev–Trinajstić information content (AvgIpc) is 3.18. The van der Waals surface area contributed by atoms with E-state index < -0.39 is 11.8 Å². The molecule has 0 radical (unpaired) electrons. The first-order valence-corrected chi connectivity index (χ1v) is 10.3. The van der Waals surface area contributed by atoms with Crippen LogP contribution in [0.2, 0.25) is 0 Å². The summed E-state index contributed by atoms with van der Waals surface area (Å²) in [4.78, 5) is 28.9. The number of aryl methyl sites for hydroxylation is 2. The minimum Gasteiger partial charge on any atom is -0.369 e. The van der Waals surface area contributed by atoms with E-state index in [0.29, 0.717) is 16.9 Å². The Kier molecular flexibility index (Phi) is 5.39. The predicted octanol–water partition coefficient (Wildman–Crippen LogP) is 3.87. The number of hydrogen-bond acceptors (Lipinski definition) is 4. The number of nitrogens with zero attached hydrogens (tertiary/aromatic N) is 2. The lowest BCUT2D eigenvalue weighted by Crippen LogP contribution is -2.54. The van der Waals surface area contributed by atoms with Crippen molar-refractivity contribution in [2.24, 2.45) is 0 Å². The molecule has 0 bridgehead atoms. The number of rotatable bonds is 3. The maximum absolute atomic E-state index is 14.7. The molecule has 1 N–H and O–H groups in total. The summed E-state index contributed by atoms with van der Waals surface area (Å²) in [6.45, 7) is 5.52. The van der Waals surface area contributed by atoms with Crippen molar-refractivity contribution in [3.63, 3.8) is 0 Å².